The van der Waals surface area contributed by atoms with Crippen LogP contribution in [0.15, 0.2) is 30.5 Å². The molecule has 0 aliphatic carbocycles. The maximum absolute atomic E-state index is 11.8. The molecule has 0 atom stereocenters. The van der Waals surface area contributed by atoms with Gasteiger partial charge in [0.15, 0.2) is 0 Å². The minimum absolute atomic E-state index is 0.190. The van der Waals surface area contributed by atoms with E-state index in [2.05, 4.69) is 11.9 Å². The molecule has 0 saturated heterocycles. The average molecular weight is 224 g/mol. The number of nitrogens with one attached hydrogen (secondary N) is 1. The van der Waals surface area contributed by atoms with Crippen molar-refractivity contribution in [3.05, 3.63) is 46.6 Å². The largest absolute Gasteiger partial charge is 0.326 e. The van der Waals surface area contributed by atoms with Crippen LogP contribution in [0.3, 0.4) is 0 Å². The first-order valence-electron chi connectivity index (χ1n) is 4.80. The highest BCUT2D eigenvalue weighted by molar-refractivity contribution is 6.34. The molecule has 0 bridgehead atoms. The lowest BCUT2D eigenvalue weighted by atomic mass is 10.1. The Morgan fingerprint density at radius 1 is 1.53 bits per heavy atom. The molecule has 1 aromatic rings. The number of hydrogen-bond donors (Lipinski definition) is 1. The zero-order valence-electron chi connectivity index (χ0n) is 8.93. The van der Waals surface area contributed by atoms with Crippen LogP contribution in [0, 0.1) is 6.92 Å². The molecule has 0 aliphatic heterocycles. The van der Waals surface area contributed by atoms with E-state index in [0.717, 1.165) is 12.0 Å². The molecule has 1 N–H and O–H groups in total. The average Bonchev–Trinajstić information content (AvgIpc) is 2.17. The first kappa shape index (κ1) is 11.8. The van der Waals surface area contributed by atoms with E-state index >= 15 is 0 Å². The first-order chi connectivity index (χ1) is 7.06. The van der Waals surface area contributed by atoms with Gasteiger partial charge in [-0.25, -0.2) is 0 Å². The number of benzene rings is 1. The number of rotatable bonds is 3. The van der Waals surface area contributed by atoms with Gasteiger partial charge in [0, 0.05) is 5.70 Å². The van der Waals surface area contributed by atoms with Gasteiger partial charge >= 0.3 is 0 Å². The van der Waals surface area contributed by atoms with Crippen LogP contribution in [0.2, 0.25) is 5.02 Å². The minimum atomic E-state index is -0.190. The van der Waals surface area contributed by atoms with Gasteiger partial charge in [-0.05, 0) is 25.0 Å². The Bertz CT molecular complexity index is 378. The molecule has 1 rings (SSSR count). The standard InChI is InChI=1S/C12H14ClNO/c1-4-9(3)14-12(15)11-8(2)6-5-7-10(11)13/h5-7H,3-4H2,1-2H3,(H,14,15). The SMILES string of the molecule is C=C(CC)NC(=O)c1c(C)cccc1Cl. The Hall–Kier alpha value is -1.28. The maximum atomic E-state index is 11.8. The van der Waals surface area contributed by atoms with E-state index in [-0.39, 0.29) is 5.91 Å². The number of carbonyl (C=O) groups excluding carboxylic acids is 1. The van der Waals surface area contributed by atoms with E-state index in [0.29, 0.717) is 16.3 Å². The summed E-state index contributed by atoms with van der Waals surface area (Å²) in [5, 5.41) is 3.18. The van der Waals surface area contributed by atoms with Crippen molar-refractivity contribution in [3.8, 4) is 0 Å². The molecule has 0 spiro atoms. The highest BCUT2D eigenvalue weighted by Gasteiger charge is 2.12. The van der Waals surface area contributed by atoms with Gasteiger partial charge in [0.05, 0.1) is 10.6 Å². The van der Waals surface area contributed by atoms with Gasteiger partial charge in [0.1, 0.15) is 0 Å². The summed E-state index contributed by atoms with van der Waals surface area (Å²) in [4.78, 5) is 11.8. The van der Waals surface area contributed by atoms with Gasteiger partial charge < -0.3 is 5.32 Å². The molecule has 1 amide bonds. The van der Waals surface area contributed by atoms with Crippen molar-refractivity contribution in [2.24, 2.45) is 0 Å². The highest BCUT2D eigenvalue weighted by atomic mass is 35.5. The van der Waals surface area contributed by atoms with Gasteiger partial charge in [-0.3, -0.25) is 4.79 Å². The van der Waals surface area contributed by atoms with E-state index in [1.807, 2.05) is 26.0 Å². The van der Waals surface area contributed by atoms with Crippen LogP contribution < -0.4 is 5.32 Å². The van der Waals surface area contributed by atoms with E-state index < -0.39 is 0 Å². The number of amides is 1. The predicted octanol–water partition coefficient (Wildman–Crippen LogP) is 3.30. The smallest absolute Gasteiger partial charge is 0.257 e. The Kier molecular flexibility index (Phi) is 3.92. The van der Waals surface area contributed by atoms with Crippen LogP contribution in [-0.2, 0) is 0 Å². The zero-order valence-corrected chi connectivity index (χ0v) is 9.69. The fourth-order valence-corrected chi connectivity index (χ4v) is 1.54. The van der Waals surface area contributed by atoms with Crippen LogP contribution in [-0.4, -0.2) is 5.91 Å². The van der Waals surface area contributed by atoms with Gasteiger partial charge in [-0.1, -0.05) is 37.2 Å². The van der Waals surface area contributed by atoms with Gasteiger partial charge in [-0.15, -0.1) is 0 Å². The van der Waals surface area contributed by atoms with Crippen molar-refractivity contribution in [1.29, 1.82) is 0 Å². The van der Waals surface area contributed by atoms with Crippen molar-refractivity contribution < 1.29 is 4.79 Å². The Labute approximate surface area is 94.9 Å². The number of halogens is 1. The highest BCUT2D eigenvalue weighted by Crippen LogP contribution is 2.19. The summed E-state index contributed by atoms with van der Waals surface area (Å²) >= 11 is 5.96. The Balaban J connectivity index is 2.96. The molecule has 15 heavy (non-hydrogen) atoms. The Morgan fingerprint density at radius 2 is 2.20 bits per heavy atom. The number of hydrogen-bond acceptors (Lipinski definition) is 1. The van der Waals surface area contributed by atoms with Crippen molar-refractivity contribution in [2.45, 2.75) is 20.3 Å². The second-order valence-electron chi connectivity index (χ2n) is 3.34. The molecule has 0 heterocycles. The van der Waals surface area contributed by atoms with Crippen molar-refractivity contribution in [1.82, 2.24) is 5.32 Å². The van der Waals surface area contributed by atoms with Crippen LogP contribution in [0.1, 0.15) is 29.3 Å². The molecule has 3 heteroatoms. The third kappa shape index (κ3) is 2.83. The summed E-state index contributed by atoms with van der Waals surface area (Å²) in [5.41, 5.74) is 2.08. The lowest BCUT2D eigenvalue weighted by Crippen LogP contribution is -2.23. The van der Waals surface area contributed by atoms with E-state index in [1.54, 1.807) is 6.07 Å². The second-order valence-corrected chi connectivity index (χ2v) is 3.75. The molecule has 0 aliphatic rings. The van der Waals surface area contributed by atoms with Crippen molar-refractivity contribution in [2.75, 3.05) is 0 Å². The summed E-state index contributed by atoms with van der Waals surface area (Å²) in [6, 6.07) is 5.39. The van der Waals surface area contributed by atoms with Crippen molar-refractivity contribution in [3.63, 3.8) is 0 Å². The third-order valence-electron chi connectivity index (χ3n) is 2.17. The minimum Gasteiger partial charge on any atom is -0.326 e. The zero-order chi connectivity index (χ0) is 11.4. The van der Waals surface area contributed by atoms with Gasteiger partial charge in [0.25, 0.3) is 5.91 Å². The fourth-order valence-electron chi connectivity index (χ4n) is 1.23. The lowest BCUT2D eigenvalue weighted by molar-refractivity contribution is 0.0964. The molecule has 80 valence electrons. The van der Waals surface area contributed by atoms with E-state index in [4.69, 9.17) is 11.6 Å². The van der Waals surface area contributed by atoms with Crippen LogP contribution >= 0.6 is 11.6 Å². The number of aryl methyl sites for hydroxylation is 1. The molecule has 2 nitrogen and oxygen atoms in total. The van der Waals surface area contributed by atoms with Crippen LogP contribution in [0.5, 0.6) is 0 Å². The summed E-state index contributed by atoms with van der Waals surface area (Å²) in [6.07, 6.45) is 0.718. The third-order valence-corrected chi connectivity index (χ3v) is 2.48. The topological polar surface area (TPSA) is 29.1 Å². The molecule has 1 aromatic carbocycles. The first-order valence-corrected chi connectivity index (χ1v) is 5.18. The molecule has 0 fully saturated rings. The molecule has 0 saturated carbocycles. The quantitative estimate of drug-likeness (QED) is 0.837. The molecular formula is C12H14ClNO. The van der Waals surface area contributed by atoms with E-state index in [9.17, 15) is 4.79 Å². The van der Waals surface area contributed by atoms with Crippen molar-refractivity contribution >= 4 is 17.5 Å². The van der Waals surface area contributed by atoms with Crippen LogP contribution in [0.25, 0.3) is 0 Å². The predicted molar refractivity (Wildman–Crippen MR) is 63.1 cm³/mol. The van der Waals surface area contributed by atoms with E-state index in [1.165, 1.54) is 0 Å². The number of carbonyl (C=O) groups is 1. The monoisotopic (exact) mass is 223 g/mol. The van der Waals surface area contributed by atoms with Gasteiger partial charge in [0.2, 0.25) is 0 Å². The summed E-state index contributed by atoms with van der Waals surface area (Å²) < 4.78 is 0. The summed E-state index contributed by atoms with van der Waals surface area (Å²) in [5.74, 6) is -0.190. The number of allylic oxidation sites excluding steroid dienone is 1. The second kappa shape index (κ2) is 4.99. The summed E-state index contributed by atoms with van der Waals surface area (Å²) in [6.45, 7) is 7.51. The normalized spacial score (nSPS) is 9.80. The lowest BCUT2D eigenvalue weighted by Gasteiger charge is -2.09. The molecule has 0 aromatic heterocycles. The van der Waals surface area contributed by atoms with Gasteiger partial charge in [-0.2, -0.15) is 0 Å². The Morgan fingerprint density at radius 3 is 2.73 bits per heavy atom. The molecule has 0 radical (unpaired) electrons. The van der Waals surface area contributed by atoms with Crippen LogP contribution in [0.4, 0.5) is 0 Å². The summed E-state index contributed by atoms with van der Waals surface area (Å²) in [7, 11) is 0. The fraction of sp³-hybridized carbons (Fsp3) is 0.250. The molecular weight excluding hydrogens is 210 g/mol. The maximum Gasteiger partial charge on any atom is 0.257 e. The molecule has 0 unspecified atom stereocenters.